The number of carbonyl (C=O) groups excluding carboxylic acids is 1. The predicted octanol–water partition coefficient (Wildman–Crippen LogP) is 2.20. The van der Waals surface area contributed by atoms with Crippen molar-refractivity contribution in [1.82, 2.24) is 10.3 Å². The van der Waals surface area contributed by atoms with Gasteiger partial charge >= 0.3 is 0 Å². The first-order valence-electron chi connectivity index (χ1n) is 7.15. The number of pyridine rings is 1. The van der Waals surface area contributed by atoms with Gasteiger partial charge in [-0.05, 0) is 45.7 Å². The van der Waals surface area contributed by atoms with E-state index in [4.69, 9.17) is 4.74 Å². The Bertz CT molecular complexity index is 457. The summed E-state index contributed by atoms with van der Waals surface area (Å²) in [5.41, 5.74) is 0.430. The Morgan fingerprint density at radius 1 is 1.50 bits per heavy atom. The monoisotopic (exact) mass is 277 g/mol. The van der Waals surface area contributed by atoms with E-state index in [0.717, 1.165) is 25.2 Å². The van der Waals surface area contributed by atoms with Crippen LogP contribution < -0.4 is 10.6 Å². The van der Waals surface area contributed by atoms with Crippen molar-refractivity contribution in [3.05, 3.63) is 23.9 Å². The minimum Gasteiger partial charge on any atom is -0.375 e. The van der Waals surface area contributed by atoms with E-state index in [-0.39, 0.29) is 17.6 Å². The van der Waals surface area contributed by atoms with Gasteiger partial charge in [0.05, 0.1) is 11.2 Å². The van der Waals surface area contributed by atoms with Crippen LogP contribution in [0.1, 0.15) is 44.0 Å². The number of rotatable bonds is 4. The lowest BCUT2D eigenvalue weighted by Gasteiger charge is -2.35. The Morgan fingerprint density at radius 3 is 2.90 bits per heavy atom. The molecule has 1 saturated heterocycles. The third-order valence-corrected chi connectivity index (χ3v) is 3.42. The third-order valence-electron chi connectivity index (χ3n) is 3.42. The molecule has 110 valence electrons. The average Bonchev–Trinajstić information content (AvgIpc) is 2.38. The second-order valence-corrected chi connectivity index (χ2v) is 5.73. The van der Waals surface area contributed by atoms with Gasteiger partial charge in [-0.1, -0.05) is 0 Å². The molecule has 1 unspecified atom stereocenters. The van der Waals surface area contributed by atoms with Crippen LogP contribution in [-0.4, -0.2) is 35.7 Å². The molecule has 5 heteroatoms. The highest BCUT2D eigenvalue weighted by molar-refractivity contribution is 5.94. The number of anilines is 1. The number of amides is 1. The zero-order valence-corrected chi connectivity index (χ0v) is 12.4. The molecule has 0 spiro atoms. The van der Waals surface area contributed by atoms with Crippen LogP contribution in [0.2, 0.25) is 0 Å². The first kappa shape index (κ1) is 14.8. The average molecular weight is 277 g/mol. The van der Waals surface area contributed by atoms with Crippen LogP contribution >= 0.6 is 0 Å². The molecule has 1 aromatic rings. The van der Waals surface area contributed by atoms with Gasteiger partial charge < -0.3 is 15.4 Å². The molecule has 20 heavy (non-hydrogen) atoms. The molecule has 1 aliphatic rings. The van der Waals surface area contributed by atoms with E-state index < -0.39 is 0 Å². The SMILES string of the molecule is CCNc1ccc(C(=O)NC2CCOC(C)(C)C2)cn1. The van der Waals surface area contributed by atoms with Gasteiger partial charge in [0.1, 0.15) is 5.82 Å². The summed E-state index contributed by atoms with van der Waals surface area (Å²) in [7, 11) is 0. The van der Waals surface area contributed by atoms with Crippen molar-refractivity contribution in [2.45, 2.75) is 45.3 Å². The van der Waals surface area contributed by atoms with Crippen LogP contribution in [0.25, 0.3) is 0 Å². The van der Waals surface area contributed by atoms with Crippen LogP contribution in [0.5, 0.6) is 0 Å². The summed E-state index contributed by atoms with van der Waals surface area (Å²) in [4.78, 5) is 16.4. The molecule has 0 saturated carbocycles. The Hall–Kier alpha value is -1.62. The molecule has 2 heterocycles. The van der Waals surface area contributed by atoms with Crippen molar-refractivity contribution in [2.24, 2.45) is 0 Å². The molecule has 2 rings (SSSR count). The first-order valence-corrected chi connectivity index (χ1v) is 7.15. The zero-order chi connectivity index (χ0) is 14.6. The van der Waals surface area contributed by atoms with Gasteiger partial charge in [-0.25, -0.2) is 4.98 Å². The summed E-state index contributed by atoms with van der Waals surface area (Å²) in [6, 6.07) is 3.79. The van der Waals surface area contributed by atoms with Gasteiger partial charge in [0.25, 0.3) is 5.91 Å². The van der Waals surface area contributed by atoms with E-state index in [0.29, 0.717) is 12.2 Å². The summed E-state index contributed by atoms with van der Waals surface area (Å²) in [6.45, 7) is 7.62. The summed E-state index contributed by atoms with van der Waals surface area (Å²) in [5, 5.41) is 6.17. The quantitative estimate of drug-likeness (QED) is 0.885. The lowest BCUT2D eigenvalue weighted by atomic mass is 9.94. The molecule has 1 aliphatic heterocycles. The van der Waals surface area contributed by atoms with Crippen molar-refractivity contribution in [2.75, 3.05) is 18.5 Å². The van der Waals surface area contributed by atoms with E-state index in [1.165, 1.54) is 0 Å². The third kappa shape index (κ3) is 3.93. The maximum absolute atomic E-state index is 12.2. The summed E-state index contributed by atoms with van der Waals surface area (Å²) in [5.74, 6) is 0.722. The highest BCUT2D eigenvalue weighted by Gasteiger charge is 2.29. The van der Waals surface area contributed by atoms with Gasteiger partial charge in [-0.15, -0.1) is 0 Å². The van der Waals surface area contributed by atoms with Crippen molar-refractivity contribution in [3.8, 4) is 0 Å². The fourth-order valence-corrected chi connectivity index (χ4v) is 2.44. The van der Waals surface area contributed by atoms with Gasteiger partial charge in [0.2, 0.25) is 0 Å². The standard InChI is InChI=1S/C15H23N3O2/c1-4-16-13-6-5-11(10-17-13)14(19)18-12-7-8-20-15(2,3)9-12/h5-6,10,12H,4,7-9H2,1-3H3,(H,16,17)(H,18,19). The number of hydrogen-bond acceptors (Lipinski definition) is 4. The highest BCUT2D eigenvalue weighted by Crippen LogP contribution is 2.24. The van der Waals surface area contributed by atoms with Crippen molar-refractivity contribution >= 4 is 11.7 Å². The Kier molecular flexibility index (Phi) is 4.60. The van der Waals surface area contributed by atoms with Crippen LogP contribution in [0.3, 0.4) is 0 Å². The molecule has 1 atom stereocenters. The summed E-state index contributed by atoms with van der Waals surface area (Å²) in [6.07, 6.45) is 3.30. The first-order chi connectivity index (χ1) is 9.50. The zero-order valence-electron chi connectivity index (χ0n) is 12.4. The number of ether oxygens (including phenoxy) is 1. The highest BCUT2D eigenvalue weighted by atomic mass is 16.5. The second-order valence-electron chi connectivity index (χ2n) is 5.73. The minimum atomic E-state index is -0.163. The van der Waals surface area contributed by atoms with Crippen LogP contribution in [0, 0.1) is 0 Å². The Balaban J connectivity index is 1.94. The second kappa shape index (κ2) is 6.22. The molecule has 1 amide bonds. The van der Waals surface area contributed by atoms with Crippen molar-refractivity contribution in [1.29, 1.82) is 0 Å². The molecule has 1 fully saturated rings. The van der Waals surface area contributed by atoms with Crippen LogP contribution in [0.15, 0.2) is 18.3 Å². The van der Waals surface area contributed by atoms with Gasteiger partial charge in [0.15, 0.2) is 0 Å². The number of nitrogens with zero attached hydrogens (tertiary/aromatic N) is 1. The molecule has 0 radical (unpaired) electrons. The van der Waals surface area contributed by atoms with Gasteiger partial charge in [-0.3, -0.25) is 4.79 Å². The van der Waals surface area contributed by atoms with Crippen LogP contribution in [0.4, 0.5) is 5.82 Å². The molecular weight excluding hydrogens is 254 g/mol. The Labute approximate surface area is 120 Å². The largest absolute Gasteiger partial charge is 0.375 e. The molecule has 5 nitrogen and oxygen atoms in total. The van der Waals surface area contributed by atoms with Crippen molar-refractivity contribution in [3.63, 3.8) is 0 Å². The number of carbonyl (C=O) groups is 1. The van der Waals surface area contributed by atoms with E-state index >= 15 is 0 Å². The predicted molar refractivity (Wildman–Crippen MR) is 78.9 cm³/mol. The molecule has 0 bridgehead atoms. The maximum Gasteiger partial charge on any atom is 0.253 e. The van der Waals surface area contributed by atoms with E-state index in [2.05, 4.69) is 29.5 Å². The molecule has 0 aliphatic carbocycles. The number of hydrogen-bond donors (Lipinski definition) is 2. The normalized spacial score (nSPS) is 21.2. The molecule has 1 aromatic heterocycles. The van der Waals surface area contributed by atoms with Gasteiger partial charge in [0, 0.05) is 25.4 Å². The molecule has 2 N–H and O–H groups in total. The fourth-order valence-electron chi connectivity index (χ4n) is 2.44. The molecular formula is C15H23N3O2. The van der Waals surface area contributed by atoms with Gasteiger partial charge in [-0.2, -0.15) is 0 Å². The number of nitrogens with one attached hydrogen (secondary N) is 2. The lowest BCUT2D eigenvalue weighted by molar-refractivity contribution is -0.0615. The Morgan fingerprint density at radius 2 is 2.30 bits per heavy atom. The minimum absolute atomic E-state index is 0.0664. The smallest absolute Gasteiger partial charge is 0.253 e. The summed E-state index contributed by atoms with van der Waals surface area (Å²) >= 11 is 0. The molecule has 0 aromatic carbocycles. The summed E-state index contributed by atoms with van der Waals surface area (Å²) < 4.78 is 5.65. The van der Waals surface area contributed by atoms with Crippen molar-refractivity contribution < 1.29 is 9.53 Å². The van der Waals surface area contributed by atoms with Crippen LogP contribution in [-0.2, 0) is 4.74 Å². The van der Waals surface area contributed by atoms with E-state index in [9.17, 15) is 4.79 Å². The lowest BCUT2D eigenvalue weighted by Crippen LogP contribution is -2.45. The number of aromatic nitrogens is 1. The van der Waals surface area contributed by atoms with E-state index in [1.54, 1.807) is 12.3 Å². The van der Waals surface area contributed by atoms with E-state index in [1.807, 2.05) is 13.0 Å². The topological polar surface area (TPSA) is 63.2 Å². The maximum atomic E-state index is 12.2. The fraction of sp³-hybridized carbons (Fsp3) is 0.600.